The Balaban J connectivity index is 1.84. The molecule has 8 heteroatoms. The molecule has 0 amide bonds. The normalized spacial score (nSPS) is 45.6. The molecule has 3 saturated carbocycles. The summed E-state index contributed by atoms with van der Waals surface area (Å²) in [5.41, 5.74) is -2.00. The number of allylic oxidation sites excluding steroid dienone is 1. The summed E-state index contributed by atoms with van der Waals surface area (Å²) in [5, 5.41) is 11.9. The van der Waals surface area contributed by atoms with E-state index in [0.29, 0.717) is 25.7 Å². The second-order valence-corrected chi connectivity index (χ2v) is 12.7. The van der Waals surface area contributed by atoms with Gasteiger partial charge in [0.05, 0.1) is 11.0 Å². The van der Waals surface area contributed by atoms with Crippen LogP contribution in [0.5, 0.6) is 0 Å². The van der Waals surface area contributed by atoms with Crippen LogP contribution in [0, 0.1) is 34.5 Å². The van der Waals surface area contributed by atoms with Gasteiger partial charge in [0.2, 0.25) is 5.78 Å². The minimum Gasteiger partial charge on any atom is -0.458 e. The fraction of sp³-hybridized carbons (Fsp3) is 0.786. The first-order valence-corrected chi connectivity index (χ1v) is 13.6. The summed E-state index contributed by atoms with van der Waals surface area (Å²) in [5.74, 6) is -1.99. The molecule has 4 rings (SSSR count). The van der Waals surface area contributed by atoms with E-state index in [1.807, 2.05) is 13.8 Å². The number of fused-ring (bicyclic) bond motifs is 5. The van der Waals surface area contributed by atoms with Crippen molar-refractivity contribution >= 4 is 35.1 Å². The molecule has 3 unspecified atom stereocenters. The first-order valence-electron chi connectivity index (χ1n) is 13.2. The van der Waals surface area contributed by atoms with Gasteiger partial charge >= 0.3 is 11.9 Å². The second kappa shape index (κ2) is 8.93. The summed E-state index contributed by atoms with van der Waals surface area (Å²) in [6, 6.07) is 0. The van der Waals surface area contributed by atoms with Crippen molar-refractivity contribution in [3.63, 3.8) is 0 Å². The van der Waals surface area contributed by atoms with Crippen LogP contribution in [0.3, 0.4) is 0 Å². The van der Waals surface area contributed by atoms with Gasteiger partial charge in [-0.15, -0.1) is 11.6 Å². The summed E-state index contributed by atoms with van der Waals surface area (Å²) < 4.78 is 11.2. The van der Waals surface area contributed by atoms with E-state index in [-0.39, 0.29) is 42.3 Å². The molecule has 1 N–H and O–H groups in total. The fourth-order valence-corrected chi connectivity index (χ4v) is 9.20. The van der Waals surface area contributed by atoms with Crippen LogP contribution in [0.2, 0.25) is 0 Å². The number of aliphatic hydroxyl groups is 1. The van der Waals surface area contributed by atoms with Crippen molar-refractivity contribution in [2.75, 3.05) is 6.61 Å². The van der Waals surface area contributed by atoms with E-state index >= 15 is 0 Å². The van der Waals surface area contributed by atoms with Gasteiger partial charge in [-0.25, -0.2) is 0 Å². The smallest absolute Gasteiger partial charge is 0.306 e. The third-order valence-corrected chi connectivity index (χ3v) is 11.2. The Bertz CT molecular complexity index is 1020. The lowest BCUT2D eigenvalue weighted by Gasteiger charge is -2.66. The highest BCUT2D eigenvalue weighted by atomic mass is 35.5. The maximum Gasteiger partial charge on any atom is 0.306 e. The Labute approximate surface area is 218 Å². The summed E-state index contributed by atoms with van der Waals surface area (Å²) >= 11 is 7.58. The predicted molar refractivity (Wildman–Crippen MR) is 133 cm³/mol. The first-order chi connectivity index (χ1) is 16.7. The van der Waals surface area contributed by atoms with E-state index in [9.17, 15) is 24.3 Å². The molecule has 200 valence electrons. The van der Waals surface area contributed by atoms with Crippen molar-refractivity contribution in [2.24, 2.45) is 34.5 Å². The van der Waals surface area contributed by atoms with Gasteiger partial charge in [-0.05, 0) is 49.5 Å². The van der Waals surface area contributed by atoms with E-state index in [4.69, 9.17) is 21.1 Å². The van der Waals surface area contributed by atoms with Crippen LogP contribution in [0.25, 0.3) is 0 Å². The highest BCUT2D eigenvalue weighted by molar-refractivity contribution is 6.26. The number of Topliss-reactive ketones (excluding diaryl/α,β-unsaturated/α-hetero) is 1. The number of carbonyl (C=O) groups excluding carboxylic acids is 4. The molecule has 0 aliphatic heterocycles. The Morgan fingerprint density at radius 2 is 1.83 bits per heavy atom. The molecule has 0 bridgehead atoms. The average molecular weight is 523 g/mol. The van der Waals surface area contributed by atoms with Gasteiger partial charge < -0.3 is 14.6 Å². The Kier molecular flexibility index (Phi) is 6.78. The van der Waals surface area contributed by atoms with Crippen LogP contribution >= 0.6 is 11.6 Å². The van der Waals surface area contributed by atoms with Crippen molar-refractivity contribution in [1.29, 1.82) is 0 Å². The number of rotatable bonds is 5. The second-order valence-electron chi connectivity index (χ2n) is 12.1. The zero-order chi connectivity index (χ0) is 26.8. The van der Waals surface area contributed by atoms with Crippen molar-refractivity contribution < 1.29 is 33.8 Å². The molecule has 0 aromatic heterocycles. The quantitative estimate of drug-likeness (QED) is 0.426. The van der Waals surface area contributed by atoms with Crippen LogP contribution in [0.4, 0.5) is 0 Å². The van der Waals surface area contributed by atoms with Gasteiger partial charge in [-0.2, -0.15) is 0 Å². The number of esters is 2. The summed E-state index contributed by atoms with van der Waals surface area (Å²) in [6.07, 6.45) is 3.21. The number of hydrogen-bond acceptors (Lipinski definition) is 7. The van der Waals surface area contributed by atoms with Crippen molar-refractivity contribution in [1.82, 2.24) is 0 Å². The zero-order valence-corrected chi connectivity index (χ0v) is 22.9. The summed E-state index contributed by atoms with van der Waals surface area (Å²) in [7, 11) is 0. The van der Waals surface area contributed by atoms with Gasteiger partial charge in [0.1, 0.15) is 0 Å². The molecule has 4 aliphatic rings. The van der Waals surface area contributed by atoms with E-state index in [1.54, 1.807) is 13.0 Å². The van der Waals surface area contributed by atoms with Crippen molar-refractivity contribution in [3.8, 4) is 0 Å². The van der Waals surface area contributed by atoms with Crippen LogP contribution in [-0.2, 0) is 28.7 Å². The molecule has 36 heavy (non-hydrogen) atoms. The number of aliphatic hydroxyl groups excluding tert-OH is 1. The molecule has 7 nitrogen and oxygen atoms in total. The number of hydrogen-bond donors (Lipinski definition) is 1. The molecule has 0 aromatic rings. The molecule has 0 saturated heterocycles. The number of ketones is 2. The number of carbonyl (C=O) groups is 4. The largest absolute Gasteiger partial charge is 0.458 e. The Morgan fingerprint density at radius 3 is 2.44 bits per heavy atom. The average Bonchev–Trinajstić information content (AvgIpc) is 3.02. The van der Waals surface area contributed by atoms with Crippen molar-refractivity contribution in [3.05, 3.63) is 11.6 Å². The van der Waals surface area contributed by atoms with Gasteiger partial charge in [0, 0.05) is 36.5 Å². The Morgan fingerprint density at radius 1 is 1.17 bits per heavy atom. The third kappa shape index (κ3) is 3.48. The summed E-state index contributed by atoms with van der Waals surface area (Å²) in [4.78, 5) is 49.4. The lowest BCUT2D eigenvalue weighted by atomic mass is 9.43. The van der Waals surface area contributed by atoms with Gasteiger partial charge in [-0.1, -0.05) is 40.2 Å². The first kappa shape index (κ1) is 27.3. The molecule has 0 aromatic carbocycles. The van der Waals surface area contributed by atoms with Gasteiger partial charge in [0.15, 0.2) is 18.0 Å². The maximum atomic E-state index is 13.8. The molecule has 4 aliphatic carbocycles. The maximum absolute atomic E-state index is 13.8. The lowest BCUT2D eigenvalue weighted by molar-refractivity contribution is -0.205. The number of halogens is 1. The highest BCUT2D eigenvalue weighted by Gasteiger charge is 2.77. The molecular weight excluding hydrogens is 484 g/mol. The van der Waals surface area contributed by atoms with Gasteiger partial charge in [0.25, 0.3) is 0 Å². The predicted octanol–water partition coefficient (Wildman–Crippen LogP) is 4.17. The molecule has 0 radical (unpaired) electrons. The molecule has 9 atom stereocenters. The Hall–Kier alpha value is -1.73. The minimum absolute atomic E-state index is 0.0888. The van der Waals surface area contributed by atoms with E-state index in [0.717, 1.165) is 5.57 Å². The summed E-state index contributed by atoms with van der Waals surface area (Å²) in [6.45, 7) is 10.4. The monoisotopic (exact) mass is 522 g/mol. The molecule has 0 heterocycles. The topological polar surface area (TPSA) is 107 Å². The lowest BCUT2D eigenvalue weighted by Crippen LogP contribution is -2.70. The minimum atomic E-state index is -1.54. The molecule has 0 spiro atoms. The third-order valence-electron chi connectivity index (χ3n) is 10.3. The standard InChI is InChI=1S/C28H39ClO7/c1-7-24(34)36-28(23(33)14-35-17(4)30)16(3)11-20-21-10-15(2)19-12-18(31)8-9-25(19,5)27(21,29)22(32)13-26(20,28)6/h12,15-16,20-22,32H,7-11,13-14H2,1-6H3/t15?,16?,20-,21-,22?,25-,26-,27-,28-/m0/s1. The van der Waals surface area contributed by atoms with Crippen molar-refractivity contribution in [2.45, 2.75) is 96.6 Å². The molecular formula is C28H39ClO7. The number of ether oxygens (including phenoxy) is 2. The van der Waals surface area contributed by atoms with Crippen LogP contribution in [0.15, 0.2) is 11.6 Å². The van der Waals surface area contributed by atoms with Gasteiger partial charge in [-0.3, -0.25) is 19.2 Å². The van der Waals surface area contributed by atoms with Crippen LogP contribution in [0.1, 0.15) is 80.1 Å². The van der Waals surface area contributed by atoms with E-state index < -0.39 is 51.7 Å². The highest BCUT2D eigenvalue weighted by Crippen LogP contribution is 2.73. The SMILES string of the molecule is CCC(=O)O[C@]1(C(=O)COC(C)=O)C(C)C[C@H]2[C@@H]3CC(C)C4=CC(=O)CC[C@]4(C)[C@@]3(Cl)C(O)C[C@@]21C. The number of alkyl halides is 1. The van der Waals surface area contributed by atoms with Crippen LogP contribution in [-0.4, -0.2) is 51.8 Å². The van der Waals surface area contributed by atoms with E-state index in [2.05, 4.69) is 13.8 Å². The molecule has 3 fully saturated rings. The van der Waals surface area contributed by atoms with E-state index in [1.165, 1.54) is 6.92 Å². The fourth-order valence-electron chi connectivity index (χ4n) is 8.68. The zero-order valence-electron chi connectivity index (χ0n) is 22.2. The van der Waals surface area contributed by atoms with Crippen LogP contribution < -0.4 is 0 Å².